The Balaban J connectivity index is 1.74. The molecule has 2 aliphatic rings. The van der Waals surface area contributed by atoms with Crippen molar-refractivity contribution in [3.63, 3.8) is 0 Å². The Bertz CT molecular complexity index is 1040. The molecule has 2 aliphatic heterocycles. The molecule has 6 nitrogen and oxygen atoms in total. The van der Waals surface area contributed by atoms with E-state index >= 15 is 0 Å². The first-order valence-electron chi connectivity index (χ1n) is 7.38. The van der Waals surface area contributed by atoms with Gasteiger partial charge in [0.05, 0.1) is 21.2 Å². The molecule has 4 rings (SSSR count). The van der Waals surface area contributed by atoms with E-state index in [-0.39, 0.29) is 10.8 Å². The molecule has 0 fully saturated rings. The molecule has 0 saturated carbocycles. The molecule has 9 heteroatoms. The molecule has 0 aliphatic carbocycles. The Morgan fingerprint density at radius 1 is 0.885 bits per heavy atom. The first kappa shape index (κ1) is 17.0. The molecule has 0 aromatic heterocycles. The van der Waals surface area contributed by atoms with Crippen LogP contribution < -0.4 is 16.4 Å². The van der Waals surface area contributed by atoms with Crippen molar-refractivity contribution in [3.8, 4) is 0 Å². The van der Waals surface area contributed by atoms with Crippen LogP contribution in [0.3, 0.4) is 0 Å². The highest BCUT2D eigenvalue weighted by Gasteiger charge is 2.31. The molecule has 3 amide bonds. The van der Waals surface area contributed by atoms with Gasteiger partial charge in [-0.25, -0.2) is 0 Å². The summed E-state index contributed by atoms with van der Waals surface area (Å²) in [6.45, 7) is 0. The monoisotopic (exact) mass is 403 g/mol. The van der Waals surface area contributed by atoms with Crippen molar-refractivity contribution in [2.75, 3.05) is 10.6 Å². The van der Waals surface area contributed by atoms with E-state index in [0.717, 1.165) is 9.79 Å². The molecular weight excluding hydrogens is 394 g/mol. The molecule has 4 N–H and O–H groups in total. The Morgan fingerprint density at radius 2 is 1.54 bits per heavy atom. The van der Waals surface area contributed by atoms with E-state index in [9.17, 15) is 14.4 Å². The lowest BCUT2D eigenvalue weighted by molar-refractivity contribution is -0.114. The first-order chi connectivity index (χ1) is 12.4. The summed E-state index contributed by atoms with van der Waals surface area (Å²) in [5.74, 6) is -1.33. The number of thioether (sulfide) groups is 2. The molecule has 0 saturated heterocycles. The Morgan fingerprint density at radius 3 is 2.23 bits per heavy atom. The SMILES string of the molecule is NC(=O)c1ccc2c(c1)NC(=O)C(=C1Sc3cc(Cl)ccc3NC1=O)S2. The first-order valence-corrected chi connectivity index (χ1v) is 9.39. The number of hydrogen-bond acceptors (Lipinski definition) is 5. The number of carbonyl (C=O) groups is 3. The number of amides is 3. The average molecular weight is 404 g/mol. The number of halogens is 1. The fraction of sp³-hybridized carbons (Fsp3) is 0. The van der Waals surface area contributed by atoms with Crippen molar-refractivity contribution in [1.29, 1.82) is 0 Å². The Labute approximate surface area is 161 Å². The van der Waals surface area contributed by atoms with Gasteiger partial charge in [-0.2, -0.15) is 0 Å². The number of anilines is 2. The van der Waals surface area contributed by atoms with E-state index in [1.54, 1.807) is 30.3 Å². The van der Waals surface area contributed by atoms with Gasteiger partial charge in [-0.05, 0) is 36.4 Å². The number of fused-ring (bicyclic) bond motifs is 2. The smallest absolute Gasteiger partial charge is 0.263 e. The van der Waals surface area contributed by atoms with Gasteiger partial charge in [0.1, 0.15) is 0 Å². The van der Waals surface area contributed by atoms with E-state index in [0.29, 0.717) is 26.9 Å². The summed E-state index contributed by atoms with van der Waals surface area (Å²) in [5, 5.41) is 6.03. The number of nitrogens with one attached hydrogen (secondary N) is 2. The van der Waals surface area contributed by atoms with Crippen LogP contribution in [-0.2, 0) is 9.59 Å². The summed E-state index contributed by atoms with van der Waals surface area (Å²) in [7, 11) is 0. The van der Waals surface area contributed by atoms with E-state index in [2.05, 4.69) is 10.6 Å². The van der Waals surface area contributed by atoms with Crippen LogP contribution in [0.5, 0.6) is 0 Å². The van der Waals surface area contributed by atoms with Crippen molar-refractivity contribution in [3.05, 3.63) is 56.8 Å². The molecule has 130 valence electrons. The fourth-order valence-corrected chi connectivity index (χ4v) is 4.88. The van der Waals surface area contributed by atoms with E-state index in [1.165, 1.54) is 29.6 Å². The predicted octanol–water partition coefficient (Wildman–Crippen LogP) is 3.44. The maximum atomic E-state index is 12.5. The Kier molecular flexibility index (Phi) is 4.18. The van der Waals surface area contributed by atoms with Crippen LogP contribution in [0.2, 0.25) is 5.02 Å². The lowest BCUT2D eigenvalue weighted by atomic mass is 10.2. The van der Waals surface area contributed by atoms with E-state index in [1.807, 2.05) is 0 Å². The van der Waals surface area contributed by atoms with E-state index in [4.69, 9.17) is 17.3 Å². The van der Waals surface area contributed by atoms with Crippen molar-refractivity contribution in [1.82, 2.24) is 0 Å². The summed E-state index contributed by atoms with van der Waals surface area (Å²) in [6, 6.07) is 9.94. The number of benzene rings is 2. The largest absolute Gasteiger partial charge is 0.366 e. The molecule has 0 atom stereocenters. The molecule has 2 aromatic carbocycles. The molecule has 26 heavy (non-hydrogen) atoms. The molecule has 0 spiro atoms. The van der Waals surface area contributed by atoms with Gasteiger partial charge in [0.15, 0.2) is 0 Å². The minimum Gasteiger partial charge on any atom is -0.366 e. The molecule has 0 bridgehead atoms. The highest BCUT2D eigenvalue weighted by Crippen LogP contribution is 2.47. The maximum absolute atomic E-state index is 12.5. The second-order valence-corrected chi connectivity index (χ2v) is 8.03. The summed E-state index contributed by atoms with van der Waals surface area (Å²) < 4.78 is 0. The van der Waals surface area contributed by atoms with Crippen LogP contribution in [0, 0.1) is 0 Å². The lowest BCUT2D eigenvalue weighted by Gasteiger charge is -2.24. The summed E-state index contributed by atoms with van der Waals surface area (Å²) in [6.07, 6.45) is 0. The predicted molar refractivity (Wildman–Crippen MR) is 102 cm³/mol. The lowest BCUT2D eigenvalue weighted by Crippen LogP contribution is -2.25. The molecule has 0 unspecified atom stereocenters. The van der Waals surface area contributed by atoms with Gasteiger partial charge in [-0.15, -0.1) is 0 Å². The number of carbonyl (C=O) groups excluding carboxylic acids is 3. The number of primary amides is 1. The Hall–Kier alpha value is -2.42. The molecular formula is C17H10ClN3O3S2. The summed E-state index contributed by atoms with van der Waals surface area (Å²) in [5.41, 5.74) is 6.71. The van der Waals surface area contributed by atoms with Crippen LogP contribution in [0.4, 0.5) is 11.4 Å². The van der Waals surface area contributed by atoms with Gasteiger partial charge in [0.2, 0.25) is 5.91 Å². The zero-order valence-corrected chi connectivity index (χ0v) is 15.3. The van der Waals surface area contributed by atoms with Crippen LogP contribution in [0.1, 0.15) is 10.4 Å². The van der Waals surface area contributed by atoms with E-state index < -0.39 is 11.8 Å². The van der Waals surface area contributed by atoms with Crippen LogP contribution in [-0.4, -0.2) is 17.7 Å². The third-order valence-corrected chi connectivity index (χ3v) is 6.43. The topological polar surface area (TPSA) is 101 Å². The van der Waals surface area contributed by atoms with Crippen molar-refractivity contribution in [2.45, 2.75) is 9.79 Å². The van der Waals surface area contributed by atoms with Crippen LogP contribution in [0.15, 0.2) is 56.0 Å². The summed E-state index contributed by atoms with van der Waals surface area (Å²) >= 11 is 8.39. The van der Waals surface area contributed by atoms with Gasteiger partial charge >= 0.3 is 0 Å². The molecule has 2 heterocycles. The second kappa shape index (κ2) is 6.39. The zero-order valence-electron chi connectivity index (χ0n) is 13.0. The van der Waals surface area contributed by atoms with Gasteiger partial charge in [-0.1, -0.05) is 35.1 Å². The fourth-order valence-electron chi connectivity index (χ4n) is 2.52. The van der Waals surface area contributed by atoms with Crippen LogP contribution >= 0.6 is 35.1 Å². The maximum Gasteiger partial charge on any atom is 0.263 e. The van der Waals surface area contributed by atoms with Crippen molar-refractivity contribution >= 4 is 64.2 Å². The number of nitrogens with two attached hydrogens (primary N) is 1. The number of hydrogen-bond donors (Lipinski definition) is 3. The highest BCUT2D eigenvalue weighted by atomic mass is 35.5. The number of rotatable bonds is 1. The third-order valence-electron chi connectivity index (χ3n) is 3.75. The average Bonchev–Trinajstić information content (AvgIpc) is 2.60. The van der Waals surface area contributed by atoms with Gasteiger partial charge in [0.25, 0.3) is 11.8 Å². The second-order valence-electron chi connectivity index (χ2n) is 5.49. The van der Waals surface area contributed by atoms with Gasteiger partial charge in [0, 0.05) is 20.4 Å². The molecule has 0 radical (unpaired) electrons. The van der Waals surface area contributed by atoms with Gasteiger partial charge in [-0.3, -0.25) is 14.4 Å². The van der Waals surface area contributed by atoms with Crippen LogP contribution in [0.25, 0.3) is 0 Å². The minimum absolute atomic E-state index is 0.289. The van der Waals surface area contributed by atoms with Gasteiger partial charge < -0.3 is 16.4 Å². The zero-order chi connectivity index (χ0) is 18.4. The standard InChI is InChI=1S/C17H10ClN3O3S2/c18-8-2-3-9-12(6-8)26-14(16(23)20-9)13-17(24)21-10-5-7(15(19)22)1-4-11(10)25-13/h1-6H,(H2,19,22)(H,20,23)(H,21,24). The quantitative estimate of drug-likeness (QED) is 0.633. The van der Waals surface area contributed by atoms with Crippen molar-refractivity contribution < 1.29 is 14.4 Å². The molecule has 2 aromatic rings. The van der Waals surface area contributed by atoms with Crippen molar-refractivity contribution in [2.24, 2.45) is 5.73 Å². The third kappa shape index (κ3) is 2.96. The highest BCUT2D eigenvalue weighted by molar-refractivity contribution is 8.08. The minimum atomic E-state index is -0.577. The summed E-state index contributed by atoms with van der Waals surface area (Å²) in [4.78, 5) is 38.4. The normalized spacial score (nSPS) is 18.5.